The highest BCUT2D eigenvalue weighted by Crippen LogP contribution is 2.43. The molecule has 1 heterocycles. The molecule has 1 aliphatic rings. The second kappa shape index (κ2) is 8.02. The van der Waals surface area contributed by atoms with E-state index in [0.717, 1.165) is 12.8 Å². The van der Waals surface area contributed by atoms with Crippen LogP contribution in [0.1, 0.15) is 40.2 Å². The van der Waals surface area contributed by atoms with Crippen LogP contribution in [0.15, 0.2) is 59.6 Å². The first-order valence-electron chi connectivity index (χ1n) is 9.35. The number of benzene rings is 2. The molecule has 3 aromatic rings. The lowest BCUT2D eigenvalue weighted by Crippen LogP contribution is -2.17. The minimum absolute atomic E-state index is 0.0737. The van der Waals surface area contributed by atoms with Crippen molar-refractivity contribution in [1.29, 1.82) is 5.26 Å². The summed E-state index contributed by atoms with van der Waals surface area (Å²) in [5.74, 6) is -1.14. The number of carboxylic acids is 1. The number of aromatic carboxylic acids is 1. The van der Waals surface area contributed by atoms with Crippen LogP contribution in [0.3, 0.4) is 0 Å². The van der Waals surface area contributed by atoms with Crippen molar-refractivity contribution in [2.45, 2.75) is 23.7 Å². The molecular formula is C22H16ClN3O4S. The van der Waals surface area contributed by atoms with Crippen LogP contribution in [0.4, 0.5) is 5.69 Å². The van der Waals surface area contributed by atoms with Gasteiger partial charge in [0.15, 0.2) is 0 Å². The minimum atomic E-state index is -4.17. The number of carboxylic acid groups (broad SMARTS) is 1. The first-order chi connectivity index (χ1) is 14.8. The second-order valence-electron chi connectivity index (χ2n) is 7.14. The Kier molecular flexibility index (Phi) is 5.39. The fourth-order valence-corrected chi connectivity index (χ4v) is 4.91. The monoisotopic (exact) mass is 453 g/mol. The van der Waals surface area contributed by atoms with E-state index in [4.69, 9.17) is 11.6 Å². The van der Waals surface area contributed by atoms with Crippen molar-refractivity contribution in [1.82, 2.24) is 4.98 Å². The zero-order chi connectivity index (χ0) is 22.2. The molecule has 2 N–H and O–H groups in total. The smallest absolute Gasteiger partial charge is 0.335 e. The third-order valence-corrected chi connectivity index (χ3v) is 6.71. The summed E-state index contributed by atoms with van der Waals surface area (Å²) in [6.45, 7) is 0. The van der Waals surface area contributed by atoms with Crippen molar-refractivity contribution >= 4 is 33.3 Å². The van der Waals surface area contributed by atoms with E-state index in [-0.39, 0.29) is 32.7 Å². The fourth-order valence-electron chi connectivity index (χ4n) is 3.31. The molecule has 0 spiro atoms. The Bertz CT molecular complexity index is 1330. The lowest BCUT2D eigenvalue weighted by molar-refractivity contribution is 0.0696. The maximum Gasteiger partial charge on any atom is 0.335 e. The van der Waals surface area contributed by atoms with Crippen molar-refractivity contribution in [2.75, 3.05) is 4.72 Å². The fraction of sp³-hybridized carbons (Fsp3) is 0.136. The Morgan fingerprint density at radius 1 is 1.19 bits per heavy atom. The van der Waals surface area contributed by atoms with Gasteiger partial charge in [-0.25, -0.2) is 13.2 Å². The average Bonchev–Trinajstić information content (AvgIpc) is 3.60. The minimum Gasteiger partial charge on any atom is -0.478 e. The van der Waals surface area contributed by atoms with E-state index in [0.29, 0.717) is 16.8 Å². The van der Waals surface area contributed by atoms with Gasteiger partial charge in [0.1, 0.15) is 6.07 Å². The number of carbonyl (C=O) groups is 1. The summed E-state index contributed by atoms with van der Waals surface area (Å²) in [4.78, 5) is 15.6. The van der Waals surface area contributed by atoms with Crippen LogP contribution in [0.2, 0.25) is 5.02 Å². The Hall–Kier alpha value is -3.41. The number of nitrogens with zero attached hydrogens (tertiary/aromatic N) is 2. The summed E-state index contributed by atoms with van der Waals surface area (Å²) in [7, 11) is -4.17. The molecular weight excluding hydrogens is 438 g/mol. The van der Waals surface area contributed by atoms with Crippen molar-refractivity contribution in [3.05, 3.63) is 76.4 Å². The van der Waals surface area contributed by atoms with Crippen molar-refractivity contribution in [3.63, 3.8) is 0 Å². The molecule has 31 heavy (non-hydrogen) atoms. The molecule has 0 radical (unpaired) electrons. The molecule has 1 saturated carbocycles. The molecule has 1 aliphatic carbocycles. The summed E-state index contributed by atoms with van der Waals surface area (Å²) in [6, 6.07) is 14.1. The SMILES string of the molecule is N#Cc1cc(NS(=O)(=O)c2cc(C(=O)O)ccc2C2CC2)c(-c2ccccn2)cc1Cl. The van der Waals surface area contributed by atoms with Crippen molar-refractivity contribution in [2.24, 2.45) is 0 Å². The van der Waals surface area contributed by atoms with E-state index < -0.39 is 16.0 Å². The molecule has 0 atom stereocenters. The summed E-state index contributed by atoms with van der Waals surface area (Å²) >= 11 is 6.18. The summed E-state index contributed by atoms with van der Waals surface area (Å²) in [6.07, 6.45) is 3.24. The molecule has 156 valence electrons. The quantitative estimate of drug-likeness (QED) is 0.560. The molecule has 0 aliphatic heterocycles. The van der Waals surface area contributed by atoms with Crippen LogP contribution in [-0.4, -0.2) is 24.5 Å². The van der Waals surface area contributed by atoms with Gasteiger partial charge in [-0.15, -0.1) is 0 Å². The molecule has 7 nitrogen and oxygen atoms in total. The largest absolute Gasteiger partial charge is 0.478 e. The van der Waals surface area contributed by atoms with Gasteiger partial charge < -0.3 is 5.11 Å². The maximum absolute atomic E-state index is 13.4. The number of nitrogens with one attached hydrogen (secondary N) is 1. The predicted molar refractivity (Wildman–Crippen MR) is 116 cm³/mol. The number of pyridine rings is 1. The lowest BCUT2D eigenvalue weighted by atomic mass is 10.1. The third kappa shape index (κ3) is 4.24. The number of halogens is 1. The molecule has 0 unspecified atom stereocenters. The van der Waals surface area contributed by atoms with E-state index in [2.05, 4.69) is 9.71 Å². The molecule has 9 heteroatoms. The molecule has 4 rings (SSSR count). The van der Waals surface area contributed by atoms with Gasteiger partial charge in [0.05, 0.1) is 32.4 Å². The molecule has 1 fully saturated rings. The number of anilines is 1. The van der Waals surface area contributed by atoms with Gasteiger partial charge in [-0.2, -0.15) is 5.26 Å². The number of hydrogen-bond acceptors (Lipinski definition) is 5. The number of hydrogen-bond donors (Lipinski definition) is 2. The standard InChI is InChI=1S/C22H16ClN3O4S/c23-18-11-17(19-3-1-2-8-25-19)20(9-15(18)12-24)26-31(29,30)21-10-14(22(27)28)6-7-16(21)13-4-5-13/h1-3,6-11,13,26H,4-5H2,(H,27,28). The van der Waals surface area contributed by atoms with Gasteiger partial charge in [-0.1, -0.05) is 23.7 Å². The Morgan fingerprint density at radius 3 is 2.58 bits per heavy atom. The van der Waals surface area contributed by atoms with Crippen molar-refractivity contribution in [3.8, 4) is 17.3 Å². The number of aromatic nitrogens is 1. The highest BCUT2D eigenvalue weighted by Gasteiger charge is 2.31. The Labute approximate surface area is 184 Å². The first-order valence-corrected chi connectivity index (χ1v) is 11.2. The third-order valence-electron chi connectivity index (χ3n) is 4.98. The van der Waals surface area contributed by atoms with E-state index in [1.807, 2.05) is 6.07 Å². The van der Waals surface area contributed by atoms with Crippen LogP contribution in [0.5, 0.6) is 0 Å². The molecule has 2 aromatic carbocycles. The maximum atomic E-state index is 13.4. The zero-order valence-electron chi connectivity index (χ0n) is 16.0. The molecule has 0 amide bonds. The highest BCUT2D eigenvalue weighted by molar-refractivity contribution is 7.92. The van der Waals surface area contributed by atoms with Crippen LogP contribution in [-0.2, 0) is 10.0 Å². The second-order valence-corrected chi connectivity index (χ2v) is 9.20. The summed E-state index contributed by atoms with van der Waals surface area (Å²) < 4.78 is 29.2. The highest BCUT2D eigenvalue weighted by atomic mass is 35.5. The molecule has 1 aromatic heterocycles. The van der Waals surface area contributed by atoms with Crippen LogP contribution in [0.25, 0.3) is 11.3 Å². The Balaban J connectivity index is 1.85. The van der Waals surface area contributed by atoms with E-state index in [9.17, 15) is 23.6 Å². The molecule has 0 saturated heterocycles. The summed E-state index contributed by atoms with van der Waals surface area (Å²) in [5, 5.41) is 18.8. The number of rotatable bonds is 6. The normalized spacial score (nSPS) is 13.4. The van der Waals surface area contributed by atoms with Gasteiger partial charge in [0, 0.05) is 11.8 Å². The van der Waals surface area contributed by atoms with Crippen LogP contribution >= 0.6 is 11.6 Å². The zero-order valence-corrected chi connectivity index (χ0v) is 17.6. The van der Waals surface area contributed by atoms with Crippen molar-refractivity contribution < 1.29 is 18.3 Å². The van der Waals surface area contributed by atoms with Gasteiger partial charge in [-0.3, -0.25) is 9.71 Å². The average molecular weight is 454 g/mol. The number of nitriles is 1. The number of sulfonamides is 1. The van der Waals surface area contributed by atoms with Gasteiger partial charge in [0.25, 0.3) is 10.0 Å². The Morgan fingerprint density at radius 2 is 1.97 bits per heavy atom. The van der Waals surface area contributed by atoms with E-state index >= 15 is 0 Å². The van der Waals surface area contributed by atoms with Gasteiger partial charge in [0.2, 0.25) is 0 Å². The summed E-state index contributed by atoms with van der Waals surface area (Å²) in [5.41, 5.74) is 1.54. The van der Waals surface area contributed by atoms with Crippen LogP contribution < -0.4 is 4.72 Å². The van der Waals surface area contributed by atoms with E-state index in [1.54, 1.807) is 30.5 Å². The van der Waals surface area contributed by atoms with E-state index in [1.165, 1.54) is 24.3 Å². The lowest BCUT2D eigenvalue weighted by Gasteiger charge is -2.16. The van der Waals surface area contributed by atoms with Gasteiger partial charge >= 0.3 is 5.97 Å². The van der Waals surface area contributed by atoms with Crippen LogP contribution in [0, 0.1) is 11.3 Å². The van der Waals surface area contributed by atoms with Gasteiger partial charge in [-0.05, 0) is 60.7 Å². The topological polar surface area (TPSA) is 120 Å². The first kappa shape index (κ1) is 20.8. The predicted octanol–water partition coefficient (Wildman–Crippen LogP) is 4.65. The molecule has 0 bridgehead atoms.